The van der Waals surface area contributed by atoms with Crippen molar-refractivity contribution in [2.24, 2.45) is 0 Å². The number of carbonyl (C=O) groups is 1. The molecule has 1 aromatic heterocycles. The molecule has 132 valence electrons. The fourth-order valence-corrected chi connectivity index (χ4v) is 3.32. The number of hydrogen-bond donors (Lipinski definition) is 1. The lowest BCUT2D eigenvalue weighted by molar-refractivity contribution is 0.0523. The molecule has 6 heteroatoms. The summed E-state index contributed by atoms with van der Waals surface area (Å²) in [5.41, 5.74) is 1.67. The minimum atomic E-state index is -0.618. The molecule has 0 spiro atoms. The van der Waals surface area contributed by atoms with Gasteiger partial charge in [0.2, 0.25) is 0 Å². The molecular weight excluding hydrogens is 322 g/mol. The summed E-state index contributed by atoms with van der Waals surface area (Å²) >= 11 is 0. The minimum Gasteiger partial charge on any atom is -0.504 e. The second-order valence-corrected chi connectivity index (χ2v) is 6.70. The number of nitrogens with zero attached hydrogens (tertiary/aromatic N) is 1. The zero-order chi connectivity index (χ0) is 18.4. The fourth-order valence-electron chi connectivity index (χ4n) is 3.32. The van der Waals surface area contributed by atoms with Crippen LogP contribution in [0.3, 0.4) is 0 Å². The predicted molar refractivity (Wildman–Crippen MR) is 93.3 cm³/mol. The van der Waals surface area contributed by atoms with Crippen molar-refractivity contribution in [1.82, 2.24) is 4.57 Å². The number of phenols is 1. The van der Waals surface area contributed by atoms with Crippen LogP contribution < -0.4 is 10.2 Å². The van der Waals surface area contributed by atoms with Gasteiger partial charge in [-0.3, -0.25) is 4.79 Å². The number of rotatable bonds is 3. The molecule has 0 radical (unpaired) electrons. The Bertz CT molecular complexity index is 911. The van der Waals surface area contributed by atoms with Crippen LogP contribution in [0.1, 0.15) is 36.7 Å². The van der Waals surface area contributed by atoms with Crippen molar-refractivity contribution in [3.05, 3.63) is 45.7 Å². The van der Waals surface area contributed by atoms with E-state index in [0.29, 0.717) is 17.9 Å². The highest BCUT2D eigenvalue weighted by molar-refractivity contribution is 5.89. The quantitative estimate of drug-likeness (QED) is 0.867. The Morgan fingerprint density at radius 1 is 1.32 bits per heavy atom. The van der Waals surface area contributed by atoms with Gasteiger partial charge in [0.1, 0.15) is 5.56 Å². The first-order valence-electron chi connectivity index (χ1n) is 8.13. The molecule has 0 bridgehead atoms. The average molecular weight is 343 g/mol. The van der Waals surface area contributed by atoms with Gasteiger partial charge in [0.05, 0.1) is 19.4 Å². The van der Waals surface area contributed by atoms with Crippen LogP contribution in [-0.2, 0) is 16.7 Å². The maximum atomic E-state index is 12.5. The number of hydrogen-bond acceptors (Lipinski definition) is 5. The summed E-state index contributed by atoms with van der Waals surface area (Å²) < 4.78 is 12.1. The highest BCUT2D eigenvalue weighted by atomic mass is 16.5. The third kappa shape index (κ3) is 2.77. The van der Waals surface area contributed by atoms with Crippen LogP contribution in [-0.4, -0.2) is 29.4 Å². The Hall–Kier alpha value is -2.76. The van der Waals surface area contributed by atoms with Crippen LogP contribution in [0, 0.1) is 0 Å². The highest BCUT2D eigenvalue weighted by Gasteiger charge is 2.32. The van der Waals surface area contributed by atoms with Crippen molar-refractivity contribution in [2.75, 3.05) is 13.7 Å². The molecular formula is C19H21NO5. The SMILES string of the molecule is CCOC(=O)c1cn2c(cc1=O)-c1cc(OC)c(O)cc1CC2(C)C. The summed E-state index contributed by atoms with van der Waals surface area (Å²) in [4.78, 5) is 24.5. The maximum Gasteiger partial charge on any atom is 0.343 e. The third-order valence-corrected chi connectivity index (χ3v) is 4.50. The normalized spacial score (nSPS) is 14.4. The molecule has 2 heterocycles. The number of carbonyl (C=O) groups excluding carboxylic acids is 1. The summed E-state index contributed by atoms with van der Waals surface area (Å²) in [6.07, 6.45) is 2.20. The van der Waals surface area contributed by atoms with Crippen molar-refractivity contribution >= 4 is 5.97 Å². The zero-order valence-corrected chi connectivity index (χ0v) is 14.8. The predicted octanol–water partition coefficient (Wildman–Crippen LogP) is 2.70. The molecule has 0 aliphatic carbocycles. The summed E-state index contributed by atoms with van der Waals surface area (Å²) in [5.74, 6) is -0.212. The van der Waals surface area contributed by atoms with Crippen molar-refractivity contribution < 1.29 is 19.4 Å². The standard InChI is InChI=1S/C19H21NO5/c1-5-25-18(23)13-10-20-14(8-15(13)21)12-7-17(24-4)16(22)6-11(12)9-19(20,2)3/h6-8,10,22H,5,9H2,1-4H3. The number of pyridine rings is 1. The Morgan fingerprint density at radius 2 is 2.04 bits per heavy atom. The second-order valence-electron chi connectivity index (χ2n) is 6.70. The maximum absolute atomic E-state index is 12.5. The van der Waals surface area contributed by atoms with Crippen LogP contribution in [0.4, 0.5) is 0 Å². The number of esters is 1. The van der Waals surface area contributed by atoms with Gasteiger partial charge in [-0.1, -0.05) is 0 Å². The molecule has 1 aromatic carbocycles. The van der Waals surface area contributed by atoms with Gasteiger partial charge in [0.25, 0.3) is 0 Å². The molecule has 1 N–H and O–H groups in total. The van der Waals surface area contributed by atoms with Gasteiger partial charge in [-0.25, -0.2) is 4.79 Å². The van der Waals surface area contributed by atoms with Crippen LogP contribution in [0.2, 0.25) is 0 Å². The number of aromatic hydroxyl groups is 1. The smallest absolute Gasteiger partial charge is 0.343 e. The first-order valence-corrected chi connectivity index (χ1v) is 8.13. The molecule has 3 rings (SSSR count). The van der Waals surface area contributed by atoms with Crippen molar-refractivity contribution in [2.45, 2.75) is 32.7 Å². The number of phenolic OH excluding ortho intramolecular Hbond substituents is 1. The van der Waals surface area contributed by atoms with Gasteiger partial charge in [0, 0.05) is 23.4 Å². The van der Waals surface area contributed by atoms with E-state index in [9.17, 15) is 14.7 Å². The molecule has 0 unspecified atom stereocenters. The van der Waals surface area contributed by atoms with E-state index >= 15 is 0 Å². The summed E-state index contributed by atoms with van der Waals surface area (Å²) in [7, 11) is 1.48. The summed E-state index contributed by atoms with van der Waals surface area (Å²) in [6.45, 7) is 5.94. The van der Waals surface area contributed by atoms with Gasteiger partial charge < -0.3 is 19.1 Å². The Morgan fingerprint density at radius 3 is 2.68 bits per heavy atom. The van der Waals surface area contributed by atoms with Crippen LogP contribution in [0.5, 0.6) is 11.5 Å². The summed E-state index contributed by atoms with van der Waals surface area (Å²) in [6, 6.07) is 4.83. The Labute approximate surface area is 145 Å². The number of fused-ring (bicyclic) bond motifs is 3. The van der Waals surface area contributed by atoms with Crippen molar-refractivity contribution in [1.29, 1.82) is 0 Å². The average Bonchev–Trinajstić information content (AvgIpc) is 2.53. The molecule has 0 saturated carbocycles. The van der Waals surface area contributed by atoms with E-state index in [1.165, 1.54) is 13.2 Å². The Kier molecular flexibility index (Phi) is 4.06. The number of benzene rings is 1. The molecule has 1 aliphatic heterocycles. The zero-order valence-electron chi connectivity index (χ0n) is 14.8. The largest absolute Gasteiger partial charge is 0.504 e. The van der Waals surface area contributed by atoms with Gasteiger partial charge in [-0.05, 0) is 44.9 Å². The van der Waals surface area contributed by atoms with Crippen LogP contribution in [0.25, 0.3) is 11.3 Å². The van der Waals surface area contributed by atoms with Crippen LogP contribution >= 0.6 is 0 Å². The van der Waals surface area contributed by atoms with E-state index in [1.54, 1.807) is 25.3 Å². The summed E-state index contributed by atoms with van der Waals surface area (Å²) in [5, 5.41) is 10.1. The molecule has 25 heavy (non-hydrogen) atoms. The van der Waals surface area contributed by atoms with Gasteiger partial charge in [-0.2, -0.15) is 0 Å². The molecule has 0 saturated heterocycles. The van der Waals surface area contributed by atoms with Crippen molar-refractivity contribution in [3.8, 4) is 22.8 Å². The molecule has 2 aromatic rings. The lowest BCUT2D eigenvalue weighted by atomic mass is 9.85. The lowest BCUT2D eigenvalue weighted by Gasteiger charge is -2.37. The molecule has 1 aliphatic rings. The fraction of sp³-hybridized carbons (Fsp3) is 0.368. The third-order valence-electron chi connectivity index (χ3n) is 4.50. The van der Waals surface area contributed by atoms with E-state index in [-0.39, 0.29) is 28.9 Å². The first-order chi connectivity index (χ1) is 11.8. The van der Waals surface area contributed by atoms with Gasteiger partial charge in [-0.15, -0.1) is 0 Å². The van der Waals surface area contributed by atoms with Gasteiger partial charge >= 0.3 is 5.97 Å². The van der Waals surface area contributed by atoms with Gasteiger partial charge in [0.15, 0.2) is 16.9 Å². The molecule has 0 amide bonds. The second kappa shape index (κ2) is 5.95. The first kappa shape index (κ1) is 17.1. The number of ether oxygens (including phenoxy) is 2. The Balaban J connectivity index is 2.26. The highest BCUT2D eigenvalue weighted by Crippen LogP contribution is 2.42. The number of methoxy groups -OCH3 is 1. The lowest BCUT2D eigenvalue weighted by Crippen LogP contribution is -2.36. The van der Waals surface area contributed by atoms with Crippen molar-refractivity contribution in [3.63, 3.8) is 0 Å². The monoisotopic (exact) mass is 343 g/mol. The van der Waals surface area contributed by atoms with E-state index in [0.717, 1.165) is 11.1 Å². The molecule has 0 fully saturated rings. The van der Waals surface area contributed by atoms with E-state index < -0.39 is 5.97 Å². The van der Waals surface area contributed by atoms with E-state index in [1.807, 2.05) is 18.4 Å². The number of aromatic nitrogens is 1. The molecule has 0 atom stereocenters. The topological polar surface area (TPSA) is 77.8 Å². The van der Waals surface area contributed by atoms with E-state index in [4.69, 9.17) is 9.47 Å². The minimum absolute atomic E-state index is 0.0212. The van der Waals surface area contributed by atoms with E-state index in [2.05, 4.69) is 0 Å². The van der Waals surface area contributed by atoms with Crippen LogP contribution in [0.15, 0.2) is 29.2 Å². The molecule has 6 nitrogen and oxygen atoms in total.